The van der Waals surface area contributed by atoms with E-state index < -0.39 is 6.46 Å². The van der Waals surface area contributed by atoms with Crippen molar-refractivity contribution < 1.29 is 4.18 Å². The Balaban J connectivity index is 3.32. The number of hydrogen-bond donors (Lipinski definition) is 0. The molecule has 0 unspecified atom stereocenters. The lowest BCUT2D eigenvalue weighted by atomic mass is 11.8. The molecule has 0 spiro atoms. The maximum Gasteiger partial charge on any atom is 0.0817 e. The Labute approximate surface area is 116 Å². The van der Waals surface area contributed by atoms with Gasteiger partial charge in [-0.1, -0.05) is 0 Å². The summed E-state index contributed by atoms with van der Waals surface area (Å²) in [5, 5.41) is 0. The monoisotopic (exact) mass is 446 g/mol. The molecule has 0 radical (unpaired) electrons. The maximum atomic E-state index is 5.00. The molecule has 11 heteroatoms. The second-order valence-corrected chi connectivity index (χ2v) is 20.8. The predicted octanol–water partition coefficient (Wildman–Crippen LogP) is 4.86. The molecule has 0 aliphatic heterocycles. The summed E-state index contributed by atoms with van der Waals surface area (Å²) >= 11 is 12.2. The third-order valence-electron chi connectivity index (χ3n) is 0.424. The van der Waals surface area contributed by atoms with Crippen molar-refractivity contribution in [2.75, 3.05) is 7.11 Å². The van der Waals surface area contributed by atoms with Gasteiger partial charge in [0.25, 0.3) is 0 Å². The van der Waals surface area contributed by atoms with Crippen LogP contribution in [0.3, 0.4) is 0 Å². The van der Waals surface area contributed by atoms with E-state index in [-0.39, 0.29) is 0 Å². The van der Waals surface area contributed by atoms with E-state index in [1.807, 2.05) is 0 Å². The van der Waals surface area contributed by atoms with E-state index in [9.17, 15) is 0 Å². The first kappa shape index (κ1) is 15.6. The van der Waals surface area contributed by atoms with Crippen molar-refractivity contribution in [3.8, 4) is 0 Å². The average molecular weight is 447 g/mol. The van der Waals surface area contributed by atoms with Crippen LogP contribution in [0.1, 0.15) is 0 Å². The molecule has 0 heterocycles. The van der Waals surface area contributed by atoms with Gasteiger partial charge in [-0.25, -0.2) is 0 Å². The zero-order valence-corrected chi connectivity index (χ0v) is 15.0. The largest absolute Gasteiger partial charge is 0.305 e. The Kier molecular flexibility index (Phi) is 12.7. The van der Waals surface area contributed by atoms with Crippen molar-refractivity contribution in [1.82, 2.24) is 0 Å². The van der Waals surface area contributed by atoms with Crippen molar-refractivity contribution >= 4 is 107 Å². The van der Waals surface area contributed by atoms with Gasteiger partial charge in [-0.15, -0.1) is 0 Å². The summed E-state index contributed by atoms with van der Waals surface area (Å²) in [7, 11) is 11.4. The van der Waals surface area contributed by atoms with Gasteiger partial charge in [-0.05, 0) is 50.0 Å². The second kappa shape index (κ2) is 9.78. The molecule has 0 N–H and O–H groups in total. The number of rotatable bonds is 7. The summed E-state index contributed by atoms with van der Waals surface area (Å²) in [5.41, 5.74) is 0. The summed E-state index contributed by atoms with van der Waals surface area (Å²) in [5.74, 6) is 0. The van der Waals surface area contributed by atoms with Crippen LogP contribution in [0, 0.1) is 0 Å². The summed E-state index contributed by atoms with van der Waals surface area (Å²) in [6.45, 7) is -1.71. The molecule has 0 bridgehead atoms. The lowest BCUT2D eigenvalue weighted by Gasteiger charge is -2.03. The van der Waals surface area contributed by atoms with E-state index in [2.05, 4.69) is 21.2 Å². The highest BCUT2D eigenvalue weighted by molar-refractivity contribution is 14.2. The van der Waals surface area contributed by atoms with E-state index >= 15 is 0 Å². The van der Waals surface area contributed by atoms with Crippen molar-refractivity contribution in [2.45, 2.75) is 0 Å². The maximum absolute atomic E-state index is 5.00. The van der Waals surface area contributed by atoms with Crippen LogP contribution in [0.4, 0.5) is 0 Å². The molecule has 0 rings (SSSR count). The van der Waals surface area contributed by atoms with Crippen LogP contribution >= 0.6 is 78.3 Å². The molecular formula is CH3IOS9. The van der Waals surface area contributed by atoms with Crippen molar-refractivity contribution in [3.05, 3.63) is 0 Å². The van der Waals surface area contributed by atoms with Crippen LogP contribution < -0.4 is 0 Å². The van der Waals surface area contributed by atoms with Gasteiger partial charge >= 0.3 is 0 Å². The minimum absolute atomic E-state index is 1.45. The molecule has 74 valence electrons. The molecule has 0 fully saturated rings. The van der Waals surface area contributed by atoms with Crippen LogP contribution in [0.15, 0.2) is 0 Å². The van der Waals surface area contributed by atoms with Gasteiger partial charge in [0, 0.05) is 50.7 Å². The van der Waals surface area contributed by atoms with E-state index in [1.54, 1.807) is 54.4 Å². The SMILES string of the molecule is COS(=S)(=S)SSSSSSI. The predicted molar refractivity (Wildman–Crippen MR) is 88.7 cm³/mol. The highest BCUT2D eigenvalue weighted by atomic mass is 127. The fourth-order valence-electron chi connectivity index (χ4n) is 0.106. The van der Waals surface area contributed by atoms with Crippen molar-refractivity contribution in [3.63, 3.8) is 0 Å². The lowest BCUT2D eigenvalue weighted by Crippen LogP contribution is -1.87. The fourth-order valence-corrected chi connectivity index (χ4v) is 21.2. The molecule has 0 aliphatic rings. The lowest BCUT2D eigenvalue weighted by molar-refractivity contribution is 0.491. The minimum Gasteiger partial charge on any atom is -0.305 e. The molecule has 0 saturated carbocycles. The smallest absolute Gasteiger partial charge is 0.0817 e. The number of hydrogen-bond acceptors (Lipinski definition) is 9. The quantitative estimate of drug-likeness (QED) is 0.305. The molecule has 0 aromatic heterocycles. The minimum atomic E-state index is -1.71. The molecule has 0 atom stereocenters. The third kappa shape index (κ3) is 10.1. The Hall–Kier alpha value is 3.58. The average Bonchev–Trinajstić information content (AvgIpc) is 2.04. The van der Waals surface area contributed by atoms with E-state index in [4.69, 9.17) is 26.6 Å². The molecule has 0 aromatic rings. The summed E-state index contributed by atoms with van der Waals surface area (Å²) in [4.78, 5) is 0. The first-order valence-electron chi connectivity index (χ1n) is 2.06. The number of halogens is 1. The topological polar surface area (TPSA) is 9.23 Å². The van der Waals surface area contributed by atoms with Gasteiger partial charge < -0.3 is 4.18 Å². The van der Waals surface area contributed by atoms with Crippen molar-refractivity contribution in [1.29, 1.82) is 0 Å². The van der Waals surface area contributed by atoms with Gasteiger partial charge in [-0.3, -0.25) is 0 Å². The first-order valence-corrected chi connectivity index (χ1v) is 16.0. The standard InChI is InChI=1S/CH3IOS9/c1-3-12(4,5)11-10-9-8-7-6-2/h1H3. The van der Waals surface area contributed by atoms with Gasteiger partial charge in [0.1, 0.15) is 0 Å². The molecule has 0 saturated heterocycles. The summed E-state index contributed by atoms with van der Waals surface area (Å²) in [6.07, 6.45) is 0. The first-order chi connectivity index (χ1) is 5.62. The molecule has 0 aromatic carbocycles. The highest BCUT2D eigenvalue weighted by Crippen LogP contribution is 2.55. The zero-order valence-electron chi connectivity index (χ0n) is 5.46. The van der Waals surface area contributed by atoms with Gasteiger partial charge in [0.2, 0.25) is 0 Å². The van der Waals surface area contributed by atoms with Crippen LogP contribution in [0.25, 0.3) is 0 Å². The van der Waals surface area contributed by atoms with E-state index in [1.165, 1.54) is 9.83 Å². The third-order valence-corrected chi connectivity index (χ3v) is 20.7. The molecular weight excluding hydrogens is 444 g/mol. The summed E-state index contributed by atoms with van der Waals surface area (Å²) < 4.78 is 4.96. The Morgan fingerprint density at radius 1 is 1.17 bits per heavy atom. The molecule has 0 aliphatic carbocycles. The van der Waals surface area contributed by atoms with Crippen LogP contribution in [-0.4, -0.2) is 7.11 Å². The van der Waals surface area contributed by atoms with Crippen LogP contribution in [-0.2, 0) is 33.0 Å². The van der Waals surface area contributed by atoms with E-state index in [0.717, 1.165) is 0 Å². The normalized spacial score (nSPS) is 11.8. The van der Waals surface area contributed by atoms with E-state index in [0.29, 0.717) is 0 Å². The molecule has 0 amide bonds. The zero-order chi connectivity index (χ0) is 9.45. The summed E-state index contributed by atoms with van der Waals surface area (Å²) in [6, 6.07) is 0. The van der Waals surface area contributed by atoms with Crippen molar-refractivity contribution in [2.24, 2.45) is 0 Å². The van der Waals surface area contributed by atoms with Gasteiger partial charge in [0.05, 0.1) is 13.6 Å². The van der Waals surface area contributed by atoms with Crippen LogP contribution in [0.5, 0.6) is 0 Å². The van der Waals surface area contributed by atoms with Crippen LogP contribution in [0.2, 0.25) is 0 Å². The van der Waals surface area contributed by atoms with Gasteiger partial charge in [0.15, 0.2) is 0 Å². The second-order valence-electron chi connectivity index (χ2n) is 0.978. The van der Waals surface area contributed by atoms with Gasteiger partial charge in [-0.2, -0.15) is 0 Å². The Morgan fingerprint density at radius 2 is 1.75 bits per heavy atom. The molecule has 12 heavy (non-hydrogen) atoms. The molecule has 1 nitrogen and oxygen atoms in total. The fraction of sp³-hybridized carbons (Fsp3) is 1.00. The Morgan fingerprint density at radius 3 is 2.25 bits per heavy atom. The highest BCUT2D eigenvalue weighted by Gasteiger charge is 2.01. The Bertz CT molecular complexity index is 185.